The molecule has 0 bridgehead atoms. The van der Waals surface area contributed by atoms with Gasteiger partial charge in [0.05, 0.1) is 0 Å². The number of halogens is 1. The lowest BCUT2D eigenvalue weighted by Gasteiger charge is -2.22. The average molecular weight is 341 g/mol. The van der Waals surface area contributed by atoms with Gasteiger partial charge in [-0.1, -0.05) is 0 Å². The monoisotopic (exact) mass is 341 g/mol. The van der Waals surface area contributed by atoms with Crippen molar-refractivity contribution in [2.45, 2.75) is 52.4 Å². The molecule has 0 radical (unpaired) electrons. The molecule has 1 aromatic carbocycles. The largest absolute Gasteiger partial charge is 0.487 e. The second kappa shape index (κ2) is 8.52. The molecule has 134 valence electrons. The molecule has 24 heavy (non-hydrogen) atoms. The van der Waals surface area contributed by atoms with Gasteiger partial charge in [0.1, 0.15) is 35.9 Å². The summed E-state index contributed by atoms with van der Waals surface area (Å²) in [7, 11) is 0. The van der Waals surface area contributed by atoms with Gasteiger partial charge in [-0.25, -0.2) is 14.0 Å². The molecule has 2 atom stereocenters. The summed E-state index contributed by atoms with van der Waals surface area (Å²) in [6.07, 6.45) is -1.12. The Hall–Kier alpha value is -2.31. The van der Waals surface area contributed by atoms with Gasteiger partial charge in [0.15, 0.2) is 0 Å². The molecular formula is C17H24FNO5. The van der Waals surface area contributed by atoms with Crippen LogP contribution in [0.15, 0.2) is 24.3 Å². The second-order valence-corrected chi connectivity index (χ2v) is 6.38. The lowest BCUT2D eigenvalue weighted by atomic mass is 10.2. The van der Waals surface area contributed by atoms with E-state index in [-0.39, 0.29) is 12.4 Å². The van der Waals surface area contributed by atoms with E-state index in [4.69, 9.17) is 14.2 Å². The quantitative estimate of drug-likeness (QED) is 0.805. The maximum atomic E-state index is 12.8. The number of carbonyl (C=O) groups excluding carboxylic acids is 2. The summed E-state index contributed by atoms with van der Waals surface area (Å²) in [6.45, 7) is 8.38. The number of rotatable bonds is 6. The van der Waals surface area contributed by atoms with Crippen LogP contribution in [0.1, 0.15) is 34.6 Å². The topological polar surface area (TPSA) is 73.9 Å². The molecule has 7 heteroatoms. The van der Waals surface area contributed by atoms with Crippen molar-refractivity contribution in [2.75, 3.05) is 6.61 Å². The molecule has 1 rings (SSSR count). The van der Waals surface area contributed by atoms with Crippen molar-refractivity contribution in [3.05, 3.63) is 30.1 Å². The minimum Gasteiger partial charge on any atom is -0.487 e. The lowest BCUT2D eigenvalue weighted by molar-refractivity contribution is -0.147. The van der Waals surface area contributed by atoms with Gasteiger partial charge in [0.25, 0.3) is 0 Å². The van der Waals surface area contributed by atoms with Gasteiger partial charge in [-0.2, -0.15) is 0 Å². The van der Waals surface area contributed by atoms with Gasteiger partial charge in [-0.15, -0.1) is 0 Å². The van der Waals surface area contributed by atoms with Gasteiger partial charge in [0, 0.05) is 0 Å². The van der Waals surface area contributed by atoms with E-state index in [0.29, 0.717) is 5.75 Å². The van der Waals surface area contributed by atoms with Gasteiger partial charge < -0.3 is 19.5 Å². The standard InChI is InChI=1S/C17H24FNO5/c1-11(23-14-8-6-13(18)7-9-14)10-22-15(20)12(2)19-16(21)24-17(3,4)5/h6-9,11-12H,10H2,1-5H3,(H,19,21)/t11-,12-/m0/s1. The zero-order chi connectivity index (χ0) is 18.3. The zero-order valence-corrected chi connectivity index (χ0v) is 14.6. The molecule has 0 aliphatic heterocycles. The molecule has 0 aromatic heterocycles. The van der Waals surface area contributed by atoms with Crippen molar-refractivity contribution in [3.8, 4) is 5.75 Å². The van der Waals surface area contributed by atoms with Gasteiger partial charge in [-0.05, 0) is 58.9 Å². The highest BCUT2D eigenvalue weighted by atomic mass is 19.1. The third-order valence-corrected chi connectivity index (χ3v) is 2.70. The second-order valence-electron chi connectivity index (χ2n) is 6.38. The predicted octanol–water partition coefficient (Wildman–Crippen LogP) is 3.05. The molecule has 6 nitrogen and oxygen atoms in total. The van der Waals surface area contributed by atoms with Gasteiger partial charge in [0.2, 0.25) is 0 Å². The summed E-state index contributed by atoms with van der Waals surface area (Å²) in [5.74, 6) is -0.487. The summed E-state index contributed by atoms with van der Waals surface area (Å²) in [5.41, 5.74) is -0.648. The van der Waals surface area contributed by atoms with Crippen LogP contribution >= 0.6 is 0 Å². The highest BCUT2D eigenvalue weighted by Crippen LogP contribution is 2.13. The molecule has 1 N–H and O–H groups in total. The number of ether oxygens (including phenoxy) is 3. The van der Waals surface area contributed by atoms with Crippen LogP contribution in [0.25, 0.3) is 0 Å². The lowest BCUT2D eigenvalue weighted by Crippen LogP contribution is -2.43. The summed E-state index contributed by atoms with van der Waals surface area (Å²) >= 11 is 0. The first kappa shape index (κ1) is 19.7. The first-order chi connectivity index (χ1) is 11.1. The molecule has 0 saturated carbocycles. The molecule has 0 heterocycles. The third kappa shape index (κ3) is 7.80. The van der Waals surface area contributed by atoms with Crippen molar-refractivity contribution >= 4 is 12.1 Å². The molecule has 1 amide bonds. The Morgan fingerprint density at radius 1 is 1.17 bits per heavy atom. The molecular weight excluding hydrogens is 317 g/mol. The number of benzene rings is 1. The Morgan fingerprint density at radius 2 is 1.75 bits per heavy atom. The minimum absolute atomic E-state index is 0.00342. The van der Waals surface area contributed by atoms with E-state index < -0.39 is 29.8 Å². The maximum absolute atomic E-state index is 12.8. The number of hydrogen-bond donors (Lipinski definition) is 1. The molecule has 0 spiro atoms. The zero-order valence-electron chi connectivity index (χ0n) is 14.6. The normalized spacial score (nSPS) is 13.6. The fourth-order valence-electron chi connectivity index (χ4n) is 1.65. The van der Waals surface area contributed by atoms with Crippen LogP contribution in [0.3, 0.4) is 0 Å². The first-order valence-electron chi connectivity index (χ1n) is 7.65. The SMILES string of the molecule is C[C@H](NC(=O)OC(C)(C)C)C(=O)OC[C@H](C)Oc1ccc(F)cc1. The number of nitrogens with one attached hydrogen (secondary N) is 1. The Balaban J connectivity index is 2.36. The molecule has 0 aliphatic carbocycles. The molecule has 0 fully saturated rings. The molecule has 0 saturated heterocycles. The maximum Gasteiger partial charge on any atom is 0.408 e. The van der Waals surface area contributed by atoms with E-state index >= 15 is 0 Å². The summed E-state index contributed by atoms with van der Waals surface area (Å²) < 4.78 is 28.4. The highest BCUT2D eigenvalue weighted by Gasteiger charge is 2.22. The number of esters is 1. The number of carbonyl (C=O) groups is 2. The van der Waals surface area contributed by atoms with Crippen molar-refractivity contribution < 1.29 is 28.2 Å². The van der Waals surface area contributed by atoms with Crippen LogP contribution in [-0.2, 0) is 14.3 Å². The fourth-order valence-corrected chi connectivity index (χ4v) is 1.65. The van der Waals surface area contributed by atoms with E-state index in [1.807, 2.05) is 0 Å². The minimum atomic E-state index is -0.849. The van der Waals surface area contributed by atoms with Crippen molar-refractivity contribution in [2.24, 2.45) is 0 Å². The molecule has 0 aliphatic rings. The van der Waals surface area contributed by atoms with Crippen molar-refractivity contribution in [1.29, 1.82) is 0 Å². The van der Waals surface area contributed by atoms with Crippen LogP contribution in [0.2, 0.25) is 0 Å². The van der Waals surface area contributed by atoms with Crippen LogP contribution in [0, 0.1) is 5.82 Å². The Kier molecular flexibility index (Phi) is 7.00. The van der Waals surface area contributed by atoms with Crippen LogP contribution < -0.4 is 10.1 Å². The highest BCUT2D eigenvalue weighted by molar-refractivity contribution is 5.81. The van der Waals surface area contributed by atoms with Crippen LogP contribution in [0.5, 0.6) is 5.75 Å². The predicted molar refractivity (Wildman–Crippen MR) is 86.3 cm³/mol. The number of hydrogen-bond acceptors (Lipinski definition) is 5. The smallest absolute Gasteiger partial charge is 0.408 e. The number of amides is 1. The van der Waals surface area contributed by atoms with Gasteiger partial charge in [-0.3, -0.25) is 0 Å². The first-order valence-corrected chi connectivity index (χ1v) is 7.65. The van der Waals surface area contributed by atoms with E-state index in [0.717, 1.165) is 0 Å². The summed E-state index contributed by atoms with van der Waals surface area (Å²) in [4.78, 5) is 23.4. The molecule has 0 unspecified atom stereocenters. The van der Waals surface area contributed by atoms with E-state index in [1.165, 1.54) is 31.2 Å². The van der Waals surface area contributed by atoms with E-state index in [2.05, 4.69) is 5.32 Å². The van der Waals surface area contributed by atoms with E-state index in [1.54, 1.807) is 27.7 Å². The average Bonchev–Trinajstić information content (AvgIpc) is 2.45. The molecule has 1 aromatic rings. The van der Waals surface area contributed by atoms with Gasteiger partial charge >= 0.3 is 12.1 Å². The van der Waals surface area contributed by atoms with Crippen molar-refractivity contribution in [1.82, 2.24) is 5.32 Å². The van der Waals surface area contributed by atoms with Crippen molar-refractivity contribution in [3.63, 3.8) is 0 Å². The van der Waals surface area contributed by atoms with Crippen LogP contribution in [-0.4, -0.2) is 36.4 Å². The van der Waals surface area contributed by atoms with Crippen LogP contribution in [0.4, 0.5) is 9.18 Å². The summed E-state index contributed by atoms with van der Waals surface area (Å²) in [5, 5.41) is 2.40. The Morgan fingerprint density at radius 3 is 2.29 bits per heavy atom. The fraction of sp³-hybridized carbons (Fsp3) is 0.529. The summed E-state index contributed by atoms with van der Waals surface area (Å²) in [6, 6.07) is 4.68. The number of alkyl carbamates (subject to hydrolysis) is 1. The van der Waals surface area contributed by atoms with E-state index in [9.17, 15) is 14.0 Å². The Labute approximate surface area is 141 Å². The Bertz CT molecular complexity index is 553. The third-order valence-electron chi connectivity index (χ3n) is 2.70.